The van der Waals surface area contributed by atoms with E-state index in [0.29, 0.717) is 5.92 Å². The van der Waals surface area contributed by atoms with Gasteiger partial charge in [-0.05, 0) is 67.1 Å². The van der Waals surface area contributed by atoms with Crippen LogP contribution in [0.5, 0.6) is 0 Å². The van der Waals surface area contributed by atoms with E-state index in [2.05, 4.69) is 60.5 Å². The van der Waals surface area contributed by atoms with Gasteiger partial charge in [-0.25, -0.2) is 0 Å². The molecule has 3 rings (SSSR count). The van der Waals surface area contributed by atoms with Gasteiger partial charge in [0.25, 0.3) is 0 Å². The lowest BCUT2D eigenvalue weighted by atomic mass is 9.82. The predicted molar refractivity (Wildman–Crippen MR) is 97.0 cm³/mol. The third-order valence-electron chi connectivity index (χ3n) is 4.38. The van der Waals surface area contributed by atoms with E-state index >= 15 is 0 Å². The van der Waals surface area contributed by atoms with E-state index in [9.17, 15) is 0 Å². The molecule has 0 spiro atoms. The number of hydrogen-bond donors (Lipinski definition) is 1. The first-order valence-corrected chi connectivity index (χ1v) is 8.41. The van der Waals surface area contributed by atoms with Crippen molar-refractivity contribution in [1.29, 1.82) is 0 Å². The van der Waals surface area contributed by atoms with E-state index in [1.807, 2.05) is 13.8 Å². The first-order valence-electron chi connectivity index (χ1n) is 8.41. The second-order valence-electron chi connectivity index (χ2n) is 5.60. The lowest BCUT2D eigenvalue weighted by Crippen LogP contribution is -2.19. The Morgan fingerprint density at radius 3 is 2.45 bits per heavy atom. The molecule has 0 radical (unpaired) electrons. The Morgan fingerprint density at radius 1 is 1.05 bits per heavy atom. The molecule has 0 fully saturated rings. The number of hydrogen-bond acceptors (Lipinski definition) is 2. The Kier molecular flexibility index (Phi) is 6.02. The van der Waals surface area contributed by atoms with Gasteiger partial charge in [-0.2, -0.15) is 0 Å². The monoisotopic (exact) mass is 296 g/mol. The summed E-state index contributed by atoms with van der Waals surface area (Å²) in [4.78, 5) is 2.24. The summed E-state index contributed by atoms with van der Waals surface area (Å²) < 4.78 is 0. The molecule has 0 bridgehead atoms. The average Bonchev–Trinajstić information content (AvgIpc) is 2.62. The molecule has 2 N–H and O–H groups in total. The van der Waals surface area contributed by atoms with Crippen LogP contribution in [0.15, 0.2) is 48.5 Å². The highest BCUT2D eigenvalue weighted by atomic mass is 15.1. The fraction of sp³-hybridized carbons (Fsp3) is 0.400. The summed E-state index contributed by atoms with van der Waals surface area (Å²) >= 11 is 0. The maximum atomic E-state index is 5.90. The van der Waals surface area contributed by atoms with Crippen molar-refractivity contribution in [2.45, 2.75) is 39.0 Å². The number of nitrogens with zero attached hydrogens (tertiary/aromatic N) is 1. The molecule has 1 aliphatic rings. The van der Waals surface area contributed by atoms with Gasteiger partial charge in [-0.3, -0.25) is 0 Å². The van der Waals surface area contributed by atoms with E-state index in [-0.39, 0.29) is 0 Å². The molecule has 1 unspecified atom stereocenters. The zero-order valence-corrected chi connectivity index (χ0v) is 14.0. The van der Waals surface area contributed by atoms with Crippen molar-refractivity contribution in [2.75, 3.05) is 18.5 Å². The number of para-hydroxylation sites is 1. The Morgan fingerprint density at radius 2 is 1.77 bits per heavy atom. The standard InChI is InChI=1S/C18H22N2.C2H6/c1-20(16-8-3-2-4-9-16)17-10-11-18-14(12-17)6-5-7-15(18)13-19;1-2/h2-4,8-12,15H,5-7,13,19H2,1H3;1-2H3. The average molecular weight is 296 g/mol. The fourth-order valence-electron chi connectivity index (χ4n) is 3.16. The smallest absolute Gasteiger partial charge is 0.0411 e. The van der Waals surface area contributed by atoms with Crippen molar-refractivity contribution in [3.05, 3.63) is 59.7 Å². The molecule has 118 valence electrons. The summed E-state index contributed by atoms with van der Waals surface area (Å²) in [6.07, 6.45) is 3.67. The van der Waals surface area contributed by atoms with Crippen LogP contribution in [0.4, 0.5) is 11.4 Å². The van der Waals surface area contributed by atoms with Gasteiger partial charge < -0.3 is 10.6 Å². The number of benzene rings is 2. The Bertz CT molecular complexity index is 578. The van der Waals surface area contributed by atoms with E-state index < -0.39 is 0 Å². The highest BCUT2D eigenvalue weighted by molar-refractivity contribution is 5.64. The van der Waals surface area contributed by atoms with Gasteiger partial charge in [0.2, 0.25) is 0 Å². The molecule has 22 heavy (non-hydrogen) atoms. The van der Waals surface area contributed by atoms with Crippen molar-refractivity contribution in [3.63, 3.8) is 0 Å². The molecule has 1 atom stereocenters. The fourth-order valence-corrected chi connectivity index (χ4v) is 3.16. The van der Waals surface area contributed by atoms with Gasteiger partial charge in [0.15, 0.2) is 0 Å². The predicted octanol–water partition coefficient (Wildman–Crippen LogP) is 4.86. The quantitative estimate of drug-likeness (QED) is 0.876. The van der Waals surface area contributed by atoms with Crippen LogP contribution in [0.3, 0.4) is 0 Å². The minimum atomic E-state index is 0.551. The van der Waals surface area contributed by atoms with Crippen molar-refractivity contribution < 1.29 is 0 Å². The minimum absolute atomic E-state index is 0.551. The molecule has 0 amide bonds. The van der Waals surface area contributed by atoms with E-state index in [1.54, 1.807) is 0 Å². The number of anilines is 2. The van der Waals surface area contributed by atoms with Crippen LogP contribution >= 0.6 is 0 Å². The highest BCUT2D eigenvalue weighted by Gasteiger charge is 2.19. The molecular formula is C20H28N2. The summed E-state index contributed by atoms with van der Waals surface area (Å²) in [7, 11) is 2.13. The maximum Gasteiger partial charge on any atom is 0.0411 e. The van der Waals surface area contributed by atoms with Crippen molar-refractivity contribution >= 4 is 11.4 Å². The molecular weight excluding hydrogens is 268 g/mol. The first-order chi connectivity index (χ1) is 10.8. The number of rotatable bonds is 3. The number of fused-ring (bicyclic) bond motifs is 1. The summed E-state index contributed by atoms with van der Waals surface area (Å²) in [6.45, 7) is 4.76. The molecule has 0 saturated heterocycles. The van der Waals surface area contributed by atoms with Gasteiger partial charge in [0, 0.05) is 18.4 Å². The van der Waals surface area contributed by atoms with Crippen molar-refractivity contribution in [3.8, 4) is 0 Å². The van der Waals surface area contributed by atoms with E-state index in [4.69, 9.17) is 5.73 Å². The van der Waals surface area contributed by atoms with Crippen LogP contribution in [0.1, 0.15) is 43.7 Å². The third-order valence-corrected chi connectivity index (χ3v) is 4.38. The SMILES string of the molecule is CC.CN(c1ccccc1)c1ccc2c(c1)CCCC2CN. The van der Waals surface area contributed by atoms with Crippen LogP contribution in [0.25, 0.3) is 0 Å². The number of aryl methyl sites for hydroxylation is 1. The molecule has 2 heteroatoms. The van der Waals surface area contributed by atoms with E-state index in [0.717, 1.165) is 6.54 Å². The molecule has 1 aliphatic carbocycles. The highest BCUT2D eigenvalue weighted by Crippen LogP contribution is 2.34. The summed E-state index contributed by atoms with van der Waals surface area (Å²) in [5.41, 5.74) is 11.3. The molecule has 0 aromatic heterocycles. The number of nitrogens with two attached hydrogens (primary N) is 1. The molecule has 2 aromatic carbocycles. The third kappa shape index (κ3) is 3.50. The molecule has 0 aliphatic heterocycles. The topological polar surface area (TPSA) is 29.3 Å². The lowest BCUT2D eigenvalue weighted by molar-refractivity contribution is 0.561. The molecule has 2 aromatic rings. The Hall–Kier alpha value is -1.80. The zero-order chi connectivity index (χ0) is 15.9. The van der Waals surface area contributed by atoms with Crippen molar-refractivity contribution in [2.24, 2.45) is 5.73 Å². The van der Waals surface area contributed by atoms with Crippen LogP contribution in [-0.4, -0.2) is 13.6 Å². The summed E-state index contributed by atoms with van der Waals surface area (Å²) in [6, 6.07) is 17.3. The lowest BCUT2D eigenvalue weighted by Gasteiger charge is -2.27. The minimum Gasteiger partial charge on any atom is -0.345 e. The molecule has 0 heterocycles. The first kappa shape index (κ1) is 16.6. The second-order valence-corrected chi connectivity index (χ2v) is 5.60. The van der Waals surface area contributed by atoms with Gasteiger partial charge >= 0.3 is 0 Å². The van der Waals surface area contributed by atoms with Gasteiger partial charge in [-0.15, -0.1) is 0 Å². The van der Waals surface area contributed by atoms with Crippen LogP contribution in [0, 0.1) is 0 Å². The zero-order valence-electron chi connectivity index (χ0n) is 14.0. The largest absolute Gasteiger partial charge is 0.345 e. The van der Waals surface area contributed by atoms with Crippen LogP contribution in [0.2, 0.25) is 0 Å². The molecule has 0 saturated carbocycles. The Labute approximate surface area is 135 Å². The second kappa shape index (κ2) is 8.00. The molecule has 2 nitrogen and oxygen atoms in total. The normalized spacial score (nSPS) is 16.3. The van der Waals surface area contributed by atoms with Gasteiger partial charge in [0.1, 0.15) is 0 Å². The summed E-state index contributed by atoms with van der Waals surface area (Å²) in [5.74, 6) is 0.551. The van der Waals surface area contributed by atoms with Gasteiger partial charge in [0.05, 0.1) is 0 Å². The van der Waals surface area contributed by atoms with Crippen molar-refractivity contribution in [1.82, 2.24) is 0 Å². The van der Waals surface area contributed by atoms with Crippen LogP contribution in [-0.2, 0) is 6.42 Å². The van der Waals surface area contributed by atoms with Gasteiger partial charge in [-0.1, -0.05) is 38.1 Å². The van der Waals surface area contributed by atoms with Crippen LogP contribution < -0.4 is 10.6 Å². The maximum absolute atomic E-state index is 5.90. The van der Waals surface area contributed by atoms with E-state index in [1.165, 1.54) is 41.8 Å². The summed E-state index contributed by atoms with van der Waals surface area (Å²) in [5, 5.41) is 0. The Balaban J connectivity index is 0.000000847.